The van der Waals surface area contributed by atoms with Crippen molar-refractivity contribution in [2.24, 2.45) is 0 Å². The zero-order chi connectivity index (χ0) is 21.3. The maximum absolute atomic E-state index is 13.2. The molecule has 0 fully saturated rings. The highest BCUT2D eigenvalue weighted by Crippen LogP contribution is 2.46. The lowest BCUT2D eigenvalue weighted by Crippen LogP contribution is -2.23. The first-order valence-corrected chi connectivity index (χ1v) is 11.8. The van der Waals surface area contributed by atoms with Crippen molar-refractivity contribution in [1.82, 2.24) is 0 Å². The highest BCUT2D eigenvalue weighted by molar-refractivity contribution is 7.91. The maximum Gasteiger partial charge on any atom is 0.225 e. The second-order valence-corrected chi connectivity index (χ2v) is 9.96. The molecule has 30 heavy (non-hydrogen) atoms. The zero-order valence-corrected chi connectivity index (χ0v) is 18.1. The lowest BCUT2D eigenvalue weighted by molar-refractivity contribution is -0.116. The lowest BCUT2D eigenvalue weighted by atomic mass is 9.90. The van der Waals surface area contributed by atoms with Gasteiger partial charge in [-0.1, -0.05) is 36.9 Å². The molecule has 1 amide bonds. The predicted molar refractivity (Wildman–Crippen MR) is 118 cm³/mol. The van der Waals surface area contributed by atoms with Crippen LogP contribution in [-0.4, -0.2) is 20.9 Å². The Kier molecular flexibility index (Phi) is 5.49. The predicted octanol–water partition coefficient (Wildman–Crippen LogP) is 4.93. The minimum absolute atomic E-state index is 0.150. The first kappa shape index (κ1) is 20.4. The Labute approximate surface area is 179 Å². The Morgan fingerprint density at radius 2 is 2.00 bits per heavy atom. The van der Waals surface area contributed by atoms with Crippen molar-refractivity contribution in [2.75, 3.05) is 11.9 Å². The Morgan fingerprint density at radius 1 is 1.23 bits per heavy atom. The normalized spacial score (nSPS) is 15.9. The number of nitrogens with one attached hydrogen (secondary N) is 1. The largest absolute Gasteiger partial charge is 0.490 e. The molecule has 7 heteroatoms. The van der Waals surface area contributed by atoms with Gasteiger partial charge in [0.25, 0.3) is 0 Å². The summed E-state index contributed by atoms with van der Waals surface area (Å²) in [7, 11) is -3.74. The number of carbonyl (C=O) groups is 1. The van der Waals surface area contributed by atoms with E-state index in [1.165, 1.54) is 11.3 Å². The van der Waals surface area contributed by atoms with Crippen LogP contribution in [0.5, 0.6) is 5.75 Å². The van der Waals surface area contributed by atoms with Crippen LogP contribution in [0.25, 0.3) is 0 Å². The van der Waals surface area contributed by atoms with E-state index < -0.39 is 9.84 Å². The standard InChI is InChI=1S/C23H21NO4S2/c1-3-11-28-17-9-7-16(8-10-17)19-13-21(25)24-22-20(14-29-23(19)22)30(26,27)18-6-4-5-15(2)12-18/h3-10,12,14,19H,1,11,13H2,2H3,(H,24,25). The van der Waals surface area contributed by atoms with Gasteiger partial charge in [-0.15, -0.1) is 11.3 Å². The number of sulfone groups is 1. The molecule has 1 atom stereocenters. The van der Waals surface area contributed by atoms with Gasteiger partial charge < -0.3 is 10.1 Å². The number of ether oxygens (including phenoxy) is 1. The van der Waals surface area contributed by atoms with Crippen molar-refractivity contribution < 1.29 is 17.9 Å². The molecule has 5 nitrogen and oxygen atoms in total. The van der Waals surface area contributed by atoms with Crippen LogP contribution in [0.1, 0.15) is 28.3 Å². The molecule has 1 aromatic heterocycles. The molecule has 2 aromatic carbocycles. The summed E-state index contributed by atoms with van der Waals surface area (Å²) in [6.07, 6.45) is 1.94. The van der Waals surface area contributed by atoms with Gasteiger partial charge in [-0.05, 0) is 42.3 Å². The topological polar surface area (TPSA) is 72.5 Å². The highest BCUT2D eigenvalue weighted by Gasteiger charge is 2.34. The van der Waals surface area contributed by atoms with Crippen LogP contribution in [0.4, 0.5) is 5.69 Å². The maximum atomic E-state index is 13.2. The van der Waals surface area contributed by atoms with Crippen LogP contribution in [0, 0.1) is 6.92 Å². The zero-order valence-electron chi connectivity index (χ0n) is 16.4. The summed E-state index contributed by atoms with van der Waals surface area (Å²) < 4.78 is 32.0. The van der Waals surface area contributed by atoms with E-state index in [0.29, 0.717) is 18.0 Å². The molecule has 4 rings (SSSR count). The van der Waals surface area contributed by atoms with Crippen LogP contribution < -0.4 is 10.1 Å². The second-order valence-electron chi connectivity index (χ2n) is 7.13. The van der Waals surface area contributed by atoms with Crippen molar-refractivity contribution in [3.05, 3.63) is 82.6 Å². The molecule has 1 aliphatic rings. The van der Waals surface area contributed by atoms with E-state index in [-0.39, 0.29) is 28.0 Å². The van der Waals surface area contributed by atoms with Crippen LogP contribution >= 0.6 is 11.3 Å². The first-order chi connectivity index (χ1) is 14.4. The number of thiophene rings is 1. The van der Waals surface area contributed by atoms with Gasteiger partial charge in [-0.25, -0.2) is 8.42 Å². The van der Waals surface area contributed by atoms with Crippen molar-refractivity contribution in [2.45, 2.75) is 29.1 Å². The van der Waals surface area contributed by atoms with Crippen molar-refractivity contribution >= 4 is 32.8 Å². The van der Waals surface area contributed by atoms with Crippen LogP contribution in [0.2, 0.25) is 0 Å². The SMILES string of the molecule is C=CCOc1ccc(C2CC(=O)Nc3c(S(=O)(=O)c4cccc(C)c4)csc32)cc1. The summed E-state index contributed by atoms with van der Waals surface area (Å²) in [5.74, 6) is 0.320. The number of amides is 1. The van der Waals surface area contributed by atoms with Gasteiger partial charge in [0.2, 0.25) is 15.7 Å². The van der Waals surface area contributed by atoms with Crippen LogP contribution in [-0.2, 0) is 14.6 Å². The minimum Gasteiger partial charge on any atom is -0.490 e. The minimum atomic E-state index is -3.74. The Morgan fingerprint density at radius 3 is 2.70 bits per heavy atom. The third-order valence-electron chi connectivity index (χ3n) is 5.00. The Bertz CT molecular complexity index is 1210. The number of rotatable bonds is 6. The number of carbonyl (C=O) groups excluding carboxylic acids is 1. The van der Waals surface area contributed by atoms with Crippen LogP contribution in [0.15, 0.2) is 76.4 Å². The van der Waals surface area contributed by atoms with Crippen molar-refractivity contribution in [3.8, 4) is 5.75 Å². The summed E-state index contributed by atoms with van der Waals surface area (Å²) in [5.41, 5.74) is 2.20. The second kappa shape index (κ2) is 8.08. The Hall–Kier alpha value is -2.90. The van der Waals surface area contributed by atoms with E-state index in [0.717, 1.165) is 16.0 Å². The fourth-order valence-electron chi connectivity index (χ4n) is 3.53. The number of aryl methyl sites for hydroxylation is 1. The molecule has 0 spiro atoms. The molecule has 3 aromatic rings. The van der Waals surface area contributed by atoms with E-state index in [1.54, 1.807) is 29.7 Å². The van der Waals surface area contributed by atoms with Gasteiger partial charge in [0, 0.05) is 22.6 Å². The van der Waals surface area contributed by atoms with Gasteiger partial charge in [0.15, 0.2) is 0 Å². The average Bonchev–Trinajstić information content (AvgIpc) is 3.16. The van der Waals surface area contributed by atoms with Gasteiger partial charge in [0.05, 0.1) is 10.6 Å². The molecular formula is C23H21NO4S2. The molecule has 0 saturated carbocycles. The molecule has 0 radical (unpaired) electrons. The summed E-state index contributed by atoms with van der Waals surface area (Å²) in [6, 6.07) is 14.3. The highest BCUT2D eigenvalue weighted by atomic mass is 32.2. The molecule has 154 valence electrons. The van der Waals surface area contributed by atoms with E-state index in [1.807, 2.05) is 37.3 Å². The van der Waals surface area contributed by atoms with E-state index in [2.05, 4.69) is 11.9 Å². The third-order valence-corrected chi connectivity index (χ3v) is 8.02. The van der Waals surface area contributed by atoms with E-state index in [4.69, 9.17) is 4.74 Å². The van der Waals surface area contributed by atoms with Crippen molar-refractivity contribution in [3.63, 3.8) is 0 Å². The smallest absolute Gasteiger partial charge is 0.225 e. The number of fused-ring (bicyclic) bond motifs is 1. The molecular weight excluding hydrogens is 418 g/mol. The number of benzene rings is 2. The average molecular weight is 440 g/mol. The summed E-state index contributed by atoms with van der Waals surface area (Å²) in [4.78, 5) is 13.7. The molecule has 0 aliphatic carbocycles. The molecule has 1 aliphatic heterocycles. The van der Waals surface area contributed by atoms with E-state index >= 15 is 0 Å². The summed E-state index contributed by atoms with van der Waals surface area (Å²) >= 11 is 1.36. The van der Waals surface area contributed by atoms with Gasteiger partial charge in [-0.3, -0.25) is 4.79 Å². The Balaban J connectivity index is 1.73. The fourth-order valence-corrected chi connectivity index (χ4v) is 6.54. The first-order valence-electron chi connectivity index (χ1n) is 9.47. The summed E-state index contributed by atoms with van der Waals surface area (Å²) in [6.45, 7) is 5.90. The molecule has 0 saturated heterocycles. The van der Waals surface area contributed by atoms with E-state index in [9.17, 15) is 13.2 Å². The number of hydrogen-bond donors (Lipinski definition) is 1. The van der Waals surface area contributed by atoms with Crippen LogP contribution in [0.3, 0.4) is 0 Å². The molecule has 2 heterocycles. The van der Waals surface area contributed by atoms with Crippen molar-refractivity contribution in [1.29, 1.82) is 0 Å². The molecule has 0 bridgehead atoms. The lowest BCUT2D eigenvalue weighted by Gasteiger charge is -2.24. The third kappa shape index (κ3) is 3.78. The van der Waals surface area contributed by atoms with Gasteiger partial charge in [-0.2, -0.15) is 0 Å². The molecule has 1 N–H and O–H groups in total. The fraction of sp³-hybridized carbons (Fsp3) is 0.174. The summed E-state index contributed by atoms with van der Waals surface area (Å²) in [5, 5.41) is 4.42. The monoisotopic (exact) mass is 439 g/mol. The van der Waals surface area contributed by atoms with Gasteiger partial charge >= 0.3 is 0 Å². The number of hydrogen-bond acceptors (Lipinski definition) is 5. The molecule has 1 unspecified atom stereocenters. The van der Waals surface area contributed by atoms with Gasteiger partial charge in [0.1, 0.15) is 17.3 Å². The quantitative estimate of drug-likeness (QED) is 0.553. The number of anilines is 1.